The maximum atomic E-state index is 11.2. The number of unbranched alkanes of at least 4 members (excludes halogenated alkanes) is 2. The van der Waals surface area contributed by atoms with Crippen molar-refractivity contribution in [2.45, 2.75) is 52.1 Å². The first-order valence-electron chi connectivity index (χ1n) is 11.4. The lowest BCUT2D eigenvalue weighted by Crippen LogP contribution is -2.35. The van der Waals surface area contributed by atoms with Gasteiger partial charge in [-0.25, -0.2) is 4.98 Å². The van der Waals surface area contributed by atoms with E-state index in [2.05, 4.69) is 66.2 Å². The summed E-state index contributed by atoms with van der Waals surface area (Å²) in [5.41, 5.74) is 8.24. The first-order valence-corrected chi connectivity index (χ1v) is 11.4. The van der Waals surface area contributed by atoms with Gasteiger partial charge in [0.05, 0.1) is 5.56 Å². The molecule has 2 N–H and O–H groups in total. The van der Waals surface area contributed by atoms with Crippen molar-refractivity contribution in [2.75, 3.05) is 6.54 Å². The highest BCUT2D eigenvalue weighted by Gasteiger charge is 2.15. The highest BCUT2D eigenvalue weighted by atomic mass is 16.5. The van der Waals surface area contributed by atoms with Gasteiger partial charge in [-0.2, -0.15) is 0 Å². The molecule has 2 aromatic carbocycles. The molecule has 1 amide bonds. The summed E-state index contributed by atoms with van der Waals surface area (Å²) in [7, 11) is 0. The van der Waals surface area contributed by atoms with Crippen LogP contribution in [0.3, 0.4) is 0 Å². The van der Waals surface area contributed by atoms with Crippen molar-refractivity contribution in [3.63, 3.8) is 0 Å². The zero-order valence-corrected chi connectivity index (χ0v) is 19.0. The Bertz CT molecular complexity index is 956. The van der Waals surface area contributed by atoms with Gasteiger partial charge in [-0.05, 0) is 55.6 Å². The van der Waals surface area contributed by atoms with Crippen molar-refractivity contribution in [2.24, 2.45) is 5.73 Å². The van der Waals surface area contributed by atoms with Crippen molar-refractivity contribution in [3.05, 3.63) is 89.6 Å². The molecule has 0 bridgehead atoms. The second kappa shape index (κ2) is 12.0. The number of pyridine rings is 1. The third-order valence-electron chi connectivity index (χ3n) is 5.60. The van der Waals surface area contributed by atoms with E-state index < -0.39 is 5.91 Å². The monoisotopic (exact) mass is 431 g/mol. The average molecular weight is 432 g/mol. The standard InChI is InChI=1S/C27H33N3O2/c1-3-4-8-17-30(20-23-9-6-5-7-10-23)21(2)18-22-11-14-25(15-12-22)32-26-16-13-24(19-29-26)27(28)31/h5-7,9-16,19,21H,3-4,8,17-18,20H2,1-2H3,(H2,28,31). The van der Waals surface area contributed by atoms with Crippen LogP contribution in [0, 0.1) is 0 Å². The van der Waals surface area contributed by atoms with Crippen LogP contribution in [0.4, 0.5) is 0 Å². The van der Waals surface area contributed by atoms with Crippen LogP contribution < -0.4 is 10.5 Å². The predicted molar refractivity (Wildman–Crippen MR) is 129 cm³/mol. The zero-order valence-electron chi connectivity index (χ0n) is 19.0. The summed E-state index contributed by atoms with van der Waals surface area (Å²) >= 11 is 0. The lowest BCUT2D eigenvalue weighted by molar-refractivity contribution is 0.1000. The molecular weight excluding hydrogens is 398 g/mol. The number of nitrogens with two attached hydrogens (primary N) is 1. The number of ether oxygens (including phenoxy) is 1. The molecule has 5 nitrogen and oxygen atoms in total. The molecule has 1 aromatic heterocycles. The highest BCUT2D eigenvalue weighted by molar-refractivity contribution is 5.92. The SMILES string of the molecule is CCCCCN(Cc1ccccc1)C(C)Cc1ccc(Oc2ccc(C(N)=O)cn2)cc1. The fourth-order valence-corrected chi connectivity index (χ4v) is 3.71. The Morgan fingerprint density at radius 1 is 1.00 bits per heavy atom. The van der Waals surface area contributed by atoms with Crippen molar-refractivity contribution < 1.29 is 9.53 Å². The van der Waals surface area contributed by atoms with Crippen LogP contribution in [-0.2, 0) is 13.0 Å². The van der Waals surface area contributed by atoms with Crippen LogP contribution in [0.2, 0.25) is 0 Å². The molecule has 0 fully saturated rings. The Hall–Kier alpha value is -3.18. The summed E-state index contributed by atoms with van der Waals surface area (Å²) in [5.74, 6) is 0.643. The second-order valence-electron chi connectivity index (χ2n) is 8.21. The Labute approximate surface area is 191 Å². The first-order chi connectivity index (χ1) is 15.5. The van der Waals surface area contributed by atoms with Gasteiger partial charge in [-0.15, -0.1) is 0 Å². The largest absolute Gasteiger partial charge is 0.439 e. The molecule has 1 unspecified atom stereocenters. The van der Waals surface area contributed by atoms with Gasteiger partial charge in [0.15, 0.2) is 0 Å². The van der Waals surface area contributed by atoms with E-state index in [1.54, 1.807) is 12.1 Å². The van der Waals surface area contributed by atoms with Crippen molar-refractivity contribution in [3.8, 4) is 11.6 Å². The van der Waals surface area contributed by atoms with Gasteiger partial charge in [0, 0.05) is 24.8 Å². The molecule has 32 heavy (non-hydrogen) atoms. The number of amides is 1. The fourth-order valence-electron chi connectivity index (χ4n) is 3.71. The Balaban J connectivity index is 1.60. The number of nitrogens with zero attached hydrogens (tertiary/aromatic N) is 2. The van der Waals surface area contributed by atoms with Crippen LogP contribution in [0.5, 0.6) is 11.6 Å². The van der Waals surface area contributed by atoms with Crippen molar-refractivity contribution in [1.29, 1.82) is 0 Å². The van der Waals surface area contributed by atoms with Crippen LogP contribution in [0.1, 0.15) is 54.6 Å². The highest BCUT2D eigenvalue weighted by Crippen LogP contribution is 2.21. The molecular formula is C27H33N3O2. The minimum Gasteiger partial charge on any atom is -0.439 e. The van der Waals surface area contributed by atoms with E-state index in [0.717, 1.165) is 19.5 Å². The Kier molecular flexibility index (Phi) is 8.81. The van der Waals surface area contributed by atoms with Gasteiger partial charge in [-0.3, -0.25) is 9.69 Å². The van der Waals surface area contributed by atoms with Gasteiger partial charge < -0.3 is 10.5 Å². The summed E-state index contributed by atoms with van der Waals surface area (Å²) in [5, 5.41) is 0. The number of hydrogen-bond donors (Lipinski definition) is 1. The third-order valence-corrected chi connectivity index (χ3v) is 5.60. The van der Waals surface area contributed by atoms with E-state index in [-0.39, 0.29) is 0 Å². The summed E-state index contributed by atoms with van der Waals surface area (Å²) in [6.45, 7) is 6.64. The van der Waals surface area contributed by atoms with Crippen LogP contribution >= 0.6 is 0 Å². The molecule has 0 saturated heterocycles. The summed E-state index contributed by atoms with van der Waals surface area (Å²) < 4.78 is 5.79. The fraction of sp³-hybridized carbons (Fsp3) is 0.333. The van der Waals surface area contributed by atoms with Gasteiger partial charge in [-0.1, -0.05) is 62.2 Å². The molecule has 0 aliphatic heterocycles. The number of rotatable bonds is 12. The minimum atomic E-state index is -0.501. The second-order valence-corrected chi connectivity index (χ2v) is 8.21. The van der Waals surface area contributed by atoms with Gasteiger partial charge >= 0.3 is 0 Å². The zero-order chi connectivity index (χ0) is 22.8. The molecule has 3 rings (SSSR count). The Morgan fingerprint density at radius 3 is 2.38 bits per heavy atom. The van der Waals surface area contributed by atoms with E-state index >= 15 is 0 Å². The van der Waals surface area contributed by atoms with Crippen molar-refractivity contribution >= 4 is 5.91 Å². The molecule has 0 radical (unpaired) electrons. The molecule has 1 heterocycles. The molecule has 168 valence electrons. The maximum absolute atomic E-state index is 11.2. The molecule has 3 aromatic rings. The summed E-state index contributed by atoms with van der Waals surface area (Å²) in [6.07, 6.45) is 6.12. The smallest absolute Gasteiger partial charge is 0.250 e. The molecule has 0 aliphatic carbocycles. The Morgan fingerprint density at radius 2 is 1.75 bits per heavy atom. The normalized spacial score (nSPS) is 12.0. The average Bonchev–Trinajstić information content (AvgIpc) is 2.81. The van der Waals surface area contributed by atoms with E-state index in [4.69, 9.17) is 10.5 Å². The van der Waals surface area contributed by atoms with E-state index in [1.807, 2.05) is 12.1 Å². The molecule has 0 aliphatic rings. The summed E-state index contributed by atoms with van der Waals surface area (Å²) in [6, 6.07) is 22.5. The van der Waals surface area contributed by atoms with Gasteiger partial charge in [0.25, 0.3) is 0 Å². The topological polar surface area (TPSA) is 68.5 Å². The molecule has 5 heteroatoms. The predicted octanol–water partition coefficient (Wildman–Crippen LogP) is 5.60. The maximum Gasteiger partial charge on any atom is 0.250 e. The minimum absolute atomic E-state index is 0.362. The van der Waals surface area contributed by atoms with Crippen LogP contribution in [-0.4, -0.2) is 28.4 Å². The summed E-state index contributed by atoms with van der Waals surface area (Å²) in [4.78, 5) is 17.9. The number of benzene rings is 2. The van der Waals surface area contributed by atoms with Crippen molar-refractivity contribution in [1.82, 2.24) is 9.88 Å². The molecule has 0 spiro atoms. The number of primary amides is 1. The number of aromatic nitrogens is 1. The molecule has 0 saturated carbocycles. The van der Waals surface area contributed by atoms with E-state index in [9.17, 15) is 4.79 Å². The van der Waals surface area contributed by atoms with Gasteiger partial charge in [0.2, 0.25) is 11.8 Å². The van der Waals surface area contributed by atoms with E-state index in [0.29, 0.717) is 23.2 Å². The first kappa shape index (κ1) is 23.5. The van der Waals surface area contributed by atoms with Crippen LogP contribution in [0.15, 0.2) is 72.9 Å². The molecule has 1 atom stereocenters. The number of carbonyl (C=O) groups excluding carboxylic acids is 1. The number of hydrogen-bond acceptors (Lipinski definition) is 4. The lowest BCUT2D eigenvalue weighted by Gasteiger charge is -2.29. The third kappa shape index (κ3) is 7.20. The lowest BCUT2D eigenvalue weighted by atomic mass is 10.0. The van der Waals surface area contributed by atoms with E-state index in [1.165, 1.54) is 36.6 Å². The van der Waals surface area contributed by atoms with Gasteiger partial charge in [0.1, 0.15) is 5.75 Å². The van der Waals surface area contributed by atoms with Crippen LogP contribution in [0.25, 0.3) is 0 Å². The number of carbonyl (C=O) groups is 1. The quantitative estimate of drug-likeness (QED) is 0.379.